The number of amides is 1. The van der Waals surface area contributed by atoms with Crippen molar-refractivity contribution in [3.63, 3.8) is 0 Å². The van der Waals surface area contributed by atoms with Crippen molar-refractivity contribution < 1.29 is 19.4 Å². The second-order valence-corrected chi connectivity index (χ2v) is 5.97. The molecule has 2 aromatic rings. The minimum absolute atomic E-state index is 0.0786. The van der Waals surface area contributed by atoms with Crippen LogP contribution in [-0.2, 0) is 10.3 Å². The molecule has 0 bridgehead atoms. The predicted octanol–water partition coefficient (Wildman–Crippen LogP) is 1.81. The monoisotopic (exact) mass is 344 g/mol. The Labute approximate surface area is 144 Å². The third-order valence-electron chi connectivity index (χ3n) is 3.90. The molecule has 1 aromatic heterocycles. The molecule has 0 saturated heterocycles. The summed E-state index contributed by atoms with van der Waals surface area (Å²) in [6.45, 7) is 3.30. The number of hydrogen-bond acceptors (Lipinski definition) is 4. The lowest BCUT2D eigenvalue weighted by atomic mass is 9.88. The molecule has 2 rings (SSSR count). The average molecular weight is 344 g/mol. The Morgan fingerprint density at radius 3 is 2.60 bits per heavy atom. The quantitative estimate of drug-likeness (QED) is 0.740. The minimum atomic E-state index is -1.21. The third-order valence-corrected chi connectivity index (χ3v) is 3.90. The topological polar surface area (TPSA) is 108 Å². The fourth-order valence-electron chi connectivity index (χ4n) is 2.56. The van der Waals surface area contributed by atoms with Crippen molar-refractivity contribution >= 4 is 11.9 Å². The summed E-state index contributed by atoms with van der Waals surface area (Å²) >= 11 is 0. The molecule has 0 aliphatic rings. The van der Waals surface area contributed by atoms with Gasteiger partial charge in [-0.15, -0.1) is 0 Å². The maximum atomic E-state index is 12.5. The number of hydrogen-bond donors (Lipinski definition) is 3. The number of aliphatic carboxylic acids is 1. The van der Waals surface area contributed by atoms with Crippen LogP contribution in [0.4, 0.5) is 0 Å². The number of aromatic nitrogens is 1. The van der Waals surface area contributed by atoms with Crippen molar-refractivity contribution in [1.29, 1.82) is 0 Å². The molecule has 7 heteroatoms. The Morgan fingerprint density at radius 1 is 1.28 bits per heavy atom. The number of carbonyl (C=O) groups excluding carboxylic acids is 1. The summed E-state index contributed by atoms with van der Waals surface area (Å²) < 4.78 is 5.16. The van der Waals surface area contributed by atoms with Crippen molar-refractivity contribution in [2.24, 2.45) is 0 Å². The summed E-state index contributed by atoms with van der Waals surface area (Å²) in [5.74, 6) is -1.19. The summed E-state index contributed by atoms with van der Waals surface area (Å²) in [7, 11) is 1.50. The first kappa shape index (κ1) is 18.3. The summed E-state index contributed by atoms with van der Waals surface area (Å²) in [5, 5.41) is 11.9. The van der Waals surface area contributed by atoms with Gasteiger partial charge in [-0.05, 0) is 43.7 Å². The number of pyridine rings is 1. The molecule has 0 fully saturated rings. The number of benzene rings is 1. The Hall–Kier alpha value is -3.09. The summed E-state index contributed by atoms with van der Waals surface area (Å²) in [6.07, 6.45) is -0.352. The molecule has 0 spiro atoms. The lowest BCUT2D eigenvalue weighted by Gasteiger charge is -2.30. The van der Waals surface area contributed by atoms with E-state index in [0.717, 1.165) is 0 Å². The Bertz CT molecular complexity index is 859. The van der Waals surface area contributed by atoms with E-state index < -0.39 is 23.0 Å². The Morgan fingerprint density at radius 2 is 2.00 bits per heavy atom. The van der Waals surface area contributed by atoms with E-state index in [1.54, 1.807) is 44.2 Å². The van der Waals surface area contributed by atoms with Crippen LogP contribution in [0.1, 0.15) is 35.0 Å². The second-order valence-electron chi connectivity index (χ2n) is 5.97. The van der Waals surface area contributed by atoms with Crippen LogP contribution in [0.3, 0.4) is 0 Å². The van der Waals surface area contributed by atoms with E-state index in [4.69, 9.17) is 4.74 Å². The van der Waals surface area contributed by atoms with Gasteiger partial charge in [0.1, 0.15) is 11.3 Å². The SMILES string of the molecule is COc1cccc(C(C)(CC(=O)O)NC(=O)c2ccc(C)[nH]c2=O)c1. The first-order chi connectivity index (χ1) is 11.7. The van der Waals surface area contributed by atoms with Crippen molar-refractivity contribution in [2.45, 2.75) is 25.8 Å². The number of aromatic amines is 1. The first-order valence-corrected chi connectivity index (χ1v) is 7.64. The van der Waals surface area contributed by atoms with Gasteiger partial charge in [-0.1, -0.05) is 12.1 Å². The highest BCUT2D eigenvalue weighted by molar-refractivity contribution is 5.94. The van der Waals surface area contributed by atoms with Crippen LogP contribution in [0.2, 0.25) is 0 Å². The molecule has 1 atom stereocenters. The van der Waals surface area contributed by atoms with Gasteiger partial charge >= 0.3 is 5.97 Å². The lowest BCUT2D eigenvalue weighted by Crippen LogP contribution is -2.46. The van der Waals surface area contributed by atoms with E-state index in [1.165, 1.54) is 13.2 Å². The Kier molecular flexibility index (Phi) is 5.26. The van der Waals surface area contributed by atoms with Gasteiger partial charge in [0.25, 0.3) is 11.5 Å². The normalized spacial score (nSPS) is 12.9. The van der Waals surface area contributed by atoms with Gasteiger partial charge in [0.05, 0.1) is 19.1 Å². The largest absolute Gasteiger partial charge is 0.497 e. The highest BCUT2D eigenvalue weighted by Gasteiger charge is 2.32. The number of methoxy groups -OCH3 is 1. The zero-order valence-corrected chi connectivity index (χ0v) is 14.3. The molecule has 3 N–H and O–H groups in total. The highest BCUT2D eigenvalue weighted by atomic mass is 16.5. The van der Waals surface area contributed by atoms with Crippen LogP contribution in [0.15, 0.2) is 41.2 Å². The van der Waals surface area contributed by atoms with Crippen molar-refractivity contribution in [3.05, 3.63) is 63.6 Å². The van der Waals surface area contributed by atoms with E-state index in [1.807, 2.05) is 0 Å². The van der Waals surface area contributed by atoms with Gasteiger partial charge in [-0.2, -0.15) is 0 Å². The first-order valence-electron chi connectivity index (χ1n) is 7.64. The molecule has 0 saturated carbocycles. The van der Waals surface area contributed by atoms with Crippen LogP contribution in [0.5, 0.6) is 5.75 Å². The number of H-pyrrole nitrogens is 1. The summed E-state index contributed by atoms with van der Waals surface area (Å²) in [4.78, 5) is 38.4. The number of aryl methyl sites for hydroxylation is 1. The van der Waals surface area contributed by atoms with E-state index in [0.29, 0.717) is 17.0 Å². The number of carbonyl (C=O) groups is 2. The maximum absolute atomic E-state index is 12.5. The molecule has 1 amide bonds. The Balaban J connectivity index is 2.41. The van der Waals surface area contributed by atoms with Crippen LogP contribution < -0.4 is 15.6 Å². The molecule has 25 heavy (non-hydrogen) atoms. The molecule has 1 heterocycles. The van der Waals surface area contributed by atoms with E-state index in [-0.39, 0.29) is 12.0 Å². The van der Waals surface area contributed by atoms with Gasteiger partial charge in [0.15, 0.2) is 0 Å². The number of rotatable bonds is 6. The van der Waals surface area contributed by atoms with Gasteiger partial charge in [0, 0.05) is 5.69 Å². The smallest absolute Gasteiger partial charge is 0.306 e. The van der Waals surface area contributed by atoms with Crippen LogP contribution in [0.25, 0.3) is 0 Å². The summed E-state index contributed by atoms with van der Waals surface area (Å²) in [6, 6.07) is 9.80. The maximum Gasteiger partial charge on any atom is 0.306 e. The highest BCUT2D eigenvalue weighted by Crippen LogP contribution is 2.28. The van der Waals surface area contributed by atoms with Crippen molar-refractivity contribution in [1.82, 2.24) is 10.3 Å². The second kappa shape index (κ2) is 7.21. The average Bonchev–Trinajstić information content (AvgIpc) is 2.53. The molecular weight excluding hydrogens is 324 g/mol. The van der Waals surface area contributed by atoms with Crippen LogP contribution >= 0.6 is 0 Å². The van der Waals surface area contributed by atoms with Gasteiger partial charge in [0.2, 0.25) is 0 Å². The van der Waals surface area contributed by atoms with E-state index in [9.17, 15) is 19.5 Å². The molecule has 0 aliphatic carbocycles. The van der Waals surface area contributed by atoms with Gasteiger partial charge in [-0.3, -0.25) is 14.4 Å². The molecule has 7 nitrogen and oxygen atoms in total. The number of ether oxygens (including phenoxy) is 1. The van der Waals surface area contributed by atoms with Crippen molar-refractivity contribution in [2.75, 3.05) is 7.11 Å². The number of nitrogens with one attached hydrogen (secondary N) is 2. The molecule has 1 aromatic carbocycles. The molecular formula is C18H20N2O5. The molecule has 1 unspecified atom stereocenters. The zero-order chi connectivity index (χ0) is 18.6. The third kappa shape index (κ3) is 4.26. The fourth-order valence-corrected chi connectivity index (χ4v) is 2.56. The zero-order valence-electron chi connectivity index (χ0n) is 14.3. The minimum Gasteiger partial charge on any atom is -0.497 e. The summed E-state index contributed by atoms with van der Waals surface area (Å²) in [5.41, 5.74) is -0.630. The number of carboxylic acid groups (broad SMARTS) is 1. The van der Waals surface area contributed by atoms with Crippen LogP contribution in [0, 0.1) is 6.92 Å². The van der Waals surface area contributed by atoms with E-state index in [2.05, 4.69) is 10.3 Å². The molecule has 0 radical (unpaired) electrons. The molecule has 0 aliphatic heterocycles. The molecule has 132 valence electrons. The van der Waals surface area contributed by atoms with Crippen LogP contribution in [-0.4, -0.2) is 29.1 Å². The fraction of sp³-hybridized carbons (Fsp3) is 0.278. The predicted molar refractivity (Wildman–Crippen MR) is 91.9 cm³/mol. The lowest BCUT2D eigenvalue weighted by molar-refractivity contribution is -0.138. The van der Waals surface area contributed by atoms with Gasteiger partial charge < -0.3 is 20.1 Å². The standard InChI is InChI=1S/C18H20N2O5/c1-11-7-8-14(16(23)19-11)17(24)20-18(2,10-15(21)22)12-5-4-6-13(9-12)25-3/h4-9H,10H2,1-3H3,(H,19,23)(H,20,24)(H,21,22). The van der Waals surface area contributed by atoms with E-state index >= 15 is 0 Å². The van der Waals surface area contributed by atoms with Gasteiger partial charge in [-0.25, -0.2) is 0 Å². The number of carboxylic acids is 1. The van der Waals surface area contributed by atoms with Crippen molar-refractivity contribution in [3.8, 4) is 5.75 Å².